The van der Waals surface area contributed by atoms with Crippen LogP contribution in [-0.2, 0) is 0 Å². The first-order chi connectivity index (χ1) is 7.54. The van der Waals surface area contributed by atoms with Gasteiger partial charge in [0.2, 0.25) is 0 Å². The van der Waals surface area contributed by atoms with E-state index in [4.69, 9.17) is 0 Å². The molecule has 2 saturated carbocycles. The molecule has 0 aromatic heterocycles. The van der Waals surface area contributed by atoms with E-state index in [1.54, 1.807) is 0 Å². The van der Waals surface area contributed by atoms with Crippen molar-refractivity contribution in [1.82, 2.24) is 0 Å². The van der Waals surface area contributed by atoms with Crippen molar-refractivity contribution in [2.45, 2.75) is 72.6 Å². The topological polar surface area (TPSA) is 0 Å². The highest BCUT2D eigenvalue weighted by Gasteiger charge is 2.42. The van der Waals surface area contributed by atoms with Crippen molar-refractivity contribution >= 4 is 0 Å². The molecule has 0 nitrogen and oxygen atoms in total. The third-order valence-corrected chi connectivity index (χ3v) is 5.51. The Morgan fingerprint density at radius 3 is 2.31 bits per heavy atom. The fourth-order valence-electron chi connectivity index (χ4n) is 3.81. The van der Waals surface area contributed by atoms with Crippen molar-refractivity contribution < 1.29 is 0 Å². The zero-order chi connectivity index (χ0) is 11.8. The van der Waals surface area contributed by atoms with Gasteiger partial charge in [0.05, 0.1) is 0 Å². The van der Waals surface area contributed by atoms with E-state index in [1.807, 2.05) is 0 Å². The summed E-state index contributed by atoms with van der Waals surface area (Å²) in [6.07, 6.45) is 10.5. The molecule has 16 heavy (non-hydrogen) atoms. The molecule has 0 saturated heterocycles. The van der Waals surface area contributed by atoms with Crippen molar-refractivity contribution in [3.63, 3.8) is 0 Å². The fraction of sp³-hybridized carbons (Fsp3) is 1.00. The number of hydrogen-bond donors (Lipinski definition) is 0. The van der Waals surface area contributed by atoms with Gasteiger partial charge in [-0.1, -0.05) is 34.1 Å². The lowest BCUT2D eigenvalue weighted by Gasteiger charge is -2.39. The summed E-state index contributed by atoms with van der Waals surface area (Å²) in [4.78, 5) is 0. The van der Waals surface area contributed by atoms with Gasteiger partial charge in [0, 0.05) is 0 Å². The molecular weight excluding hydrogens is 192 g/mol. The van der Waals surface area contributed by atoms with Crippen LogP contribution in [0.3, 0.4) is 0 Å². The van der Waals surface area contributed by atoms with Gasteiger partial charge in [-0.2, -0.15) is 0 Å². The first-order valence-corrected chi connectivity index (χ1v) is 7.54. The summed E-state index contributed by atoms with van der Waals surface area (Å²) in [6, 6.07) is 0. The summed E-state index contributed by atoms with van der Waals surface area (Å²) in [5.74, 6) is 4.04. The largest absolute Gasteiger partial charge is 0.0651 e. The third kappa shape index (κ3) is 2.81. The fourth-order valence-corrected chi connectivity index (χ4v) is 3.81. The highest BCUT2D eigenvalue weighted by Crippen LogP contribution is 2.54. The Kier molecular flexibility index (Phi) is 3.66. The Hall–Kier alpha value is 0. The van der Waals surface area contributed by atoms with Crippen molar-refractivity contribution in [2.24, 2.45) is 29.1 Å². The van der Waals surface area contributed by atoms with Crippen molar-refractivity contribution in [2.75, 3.05) is 0 Å². The lowest BCUT2D eigenvalue weighted by Crippen LogP contribution is -2.28. The van der Waals surface area contributed by atoms with Gasteiger partial charge in [-0.05, 0) is 67.6 Å². The normalized spacial score (nSPS) is 37.7. The number of rotatable bonds is 4. The minimum atomic E-state index is 0.761. The maximum atomic E-state index is 2.51. The second kappa shape index (κ2) is 4.70. The van der Waals surface area contributed by atoms with E-state index in [9.17, 15) is 0 Å². The average Bonchev–Trinajstić information content (AvgIpc) is 2.96. The Morgan fingerprint density at radius 1 is 1.12 bits per heavy atom. The van der Waals surface area contributed by atoms with E-state index < -0.39 is 0 Å². The first-order valence-electron chi connectivity index (χ1n) is 7.54. The molecule has 2 aliphatic rings. The van der Waals surface area contributed by atoms with Crippen LogP contribution in [0.1, 0.15) is 72.6 Å². The van der Waals surface area contributed by atoms with Gasteiger partial charge >= 0.3 is 0 Å². The quantitative estimate of drug-likeness (QED) is 0.607. The van der Waals surface area contributed by atoms with Gasteiger partial charge < -0.3 is 0 Å². The molecule has 0 heterocycles. The van der Waals surface area contributed by atoms with Crippen LogP contribution >= 0.6 is 0 Å². The van der Waals surface area contributed by atoms with Gasteiger partial charge in [0.25, 0.3) is 0 Å². The predicted molar refractivity (Wildman–Crippen MR) is 71.4 cm³/mol. The predicted octanol–water partition coefficient (Wildman–Crippen LogP) is 5.28. The van der Waals surface area contributed by atoms with Gasteiger partial charge in [0.1, 0.15) is 0 Å². The molecule has 2 fully saturated rings. The summed E-state index contributed by atoms with van der Waals surface area (Å²) in [7, 11) is 0. The van der Waals surface area contributed by atoms with E-state index in [0.29, 0.717) is 0 Å². The Labute approximate surface area is 102 Å². The zero-order valence-corrected chi connectivity index (χ0v) is 11.8. The summed E-state index contributed by atoms with van der Waals surface area (Å²) >= 11 is 0. The van der Waals surface area contributed by atoms with Crippen LogP contribution in [0.5, 0.6) is 0 Å². The summed E-state index contributed by atoms with van der Waals surface area (Å²) in [5, 5.41) is 0. The van der Waals surface area contributed by atoms with Crippen LogP contribution in [-0.4, -0.2) is 0 Å². The molecule has 0 aromatic carbocycles. The molecule has 0 amide bonds. The van der Waals surface area contributed by atoms with Crippen molar-refractivity contribution in [1.29, 1.82) is 0 Å². The average molecular weight is 222 g/mol. The highest BCUT2D eigenvalue weighted by atomic mass is 14.5. The maximum Gasteiger partial charge on any atom is -0.0323 e. The molecule has 3 unspecified atom stereocenters. The van der Waals surface area contributed by atoms with Crippen molar-refractivity contribution in [3.05, 3.63) is 0 Å². The van der Waals surface area contributed by atoms with E-state index in [1.165, 1.54) is 44.9 Å². The molecule has 94 valence electrons. The third-order valence-electron chi connectivity index (χ3n) is 5.51. The van der Waals surface area contributed by atoms with Crippen LogP contribution in [0.4, 0.5) is 0 Å². The van der Waals surface area contributed by atoms with Crippen LogP contribution in [0.25, 0.3) is 0 Å². The van der Waals surface area contributed by atoms with Crippen LogP contribution in [0.2, 0.25) is 0 Å². The molecule has 2 aliphatic carbocycles. The second-order valence-corrected chi connectivity index (χ2v) is 7.26. The molecule has 0 bridgehead atoms. The molecule has 0 spiro atoms. The van der Waals surface area contributed by atoms with Crippen molar-refractivity contribution in [3.8, 4) is 0 Å². The lowest BCUT2D eigenvalue weighted by atomic mass is 9.67. The van der Waals surface area contributed by atoms with E-state index >= 15 is 0 Å². The molecule has 2 rings (SSSR count). The molecule has 0 aliphatic heterocycles. The van der Waals surface area contributed by atoms with Gasteiger partial charge in [-0.15, -0.1) is 0 Å². The number of hydrogen-bond acceptors (Lipinski definition) is 0. The minimum absolute atomic E-state index is 0.761. The minimum Gasteiger partial charge on any atom is -0.0651 e. The van der Waals surface area contributed by atoms with Crippen LogP contribution in [0.15, 0.2) is 0 Å². The molecule has 0 heteroatoms. The van der Waals surface area contributed by atoms with Gasteiger partial charge in [-0.25, -0.2) is 0 Å². The Bertz CT molecular complexity index is 224. The smallest absolute Gasteiger partial charge is 0.0323 e. The molecule has 0 radical (unpaired) electrons. The van der Waals surface area contributed by atoms with Gasteiger partial charge in [0.15, 0.2) is 0 Å². The van der Waals surface area contributed by atoms with E-state index in [-0.39, 0.29) is 0 Å². The summed E-state index contributed by atoms with van der Waals surface area (Å²) < 4.78 is 0. The monoisotopic (exact) mass is 222 g/mol. The van der Waals surface area contributed by atoms with Crippen LogP contribution in [0, 0.1) is 29.1 Å². The first kappa shape index (κ1) is 12.5. The Morgan fingerprint density at radius 2 is 1.81 bits per heavy atom. The lowest BCUT2D eigenvalue weighted by molar-refractivity contribution is 0.120. The molecule has 0 aromatic rings. The second-order valence-electron chi connectivity index (χ2n) is 7.26. The molecule has 0 N–H and O–H groups in total. The van der Waals surface area contributed by atoms with E-state index in [2.05, 4.69) is 27.7 Å². The standard InChI is InChI=1S/C16H30/c1-5-13-6-7-14(12(2)3)10-15(13)11-16(4)8-9-16/h12-15H,5-11H2,1-4H3. The molecule has 3 atom stereocenters. The van der Waals surface area contributed by atoms with Gasteiger partial charge in [-0.3, -0.25) is 0 Å². The maximum absolute atomic E-state index is 2.51. The SMILES string of the molecule is CCC1CCC(C(C)C)CC1CC1(C)CC1. The van der Waals surface area contributed by atoms with Crippen LogP contribution < -0.4 is 0 Å². The zero-order valence-electron chi connectivity index (χ0n) is 11.8. The molecular formula is C16H30. The Balaban J connectivity index is 1.93. The highest BCUT2D eigenvalue weighted by molar-refractivity contribution is 4.93. The summed E-state index contributed by atoms with van der Waals surface area (Å²) in [6.45, 7) is 9.76. The summed E-state index contributed by atoms with van der Waals surface area (Å²) in [5.41, 5.74) is 0.761. The van der Waals surface area contributed by atoms with E-state index in [0.717, 1.165) is 29.1 Å².